The van der Waals surface area contributed by atoms with E-state index in [1.807, 2.05) is 14.0 Å². The maximum absolute atomic E-state index is 11.4. The second-order valence-electron chi connectivity index (χ2n) is 4.64. The molecular weight excluding hydrogens is 192 g/mol. The molecule has 1 heterocycles. The second-order valence-corrected chi connectivity index (χ2v) is 4.64. The van der Waals surface area contributed by atoms with Crippen LogP contribution in [-0.2, 0) is 4.79 Å². The Morgan fingerprint density at radius 1 is 1.53 bits per heavy atom. The maximum Gasteiger partial charge on any atom is 0.324 e. The fourth-order valence-corrected chi connectivity index (χ4v) is 1.99. The van der Waals surface area contributed by atoms with E-state index in [0.29, 0.717) is 12.8 Å². The minimum absolute atomic E-state index is 0.268. The summed E-state index contributed by atoms with van der Waals surface area (Å²) < 4.78 is 0. The number of carbonyl (C=O) groups is 1. The number of hydrogen-bond donors (Lipinski definition) is 2. The molecular formula is C11H22N2O2. The zero-order valence-electron chi connectivity index (χ0n) is 9.92. The molecule has 1 rings (SSSR count). The minimum Gasteiger partial charge on any atom is -0.480 e. The number of carboxylic acids is 1. The van der Waals surface area contributed by atoms with Gasteiger partial charge in [0.15, 0.2) is 0 Å². The summed E-state index contributed by atoms with van der Waals surface area (Å²) in [5.74, 6) is -0.698. The maximum atomic E-state index is 11.4. The lowest BCUT2D eigenvalue weighted by molar-refractivity contribution is -0.147. The molecule has 0 aromatic heterocycles. The normalized spacial score (nSPS) is 23.7. The van der Waals surface area contributed by atoms with Crippen LogP contribution in [-0.4, -0.2) is 47.7 Å². The first-order valence-corrected chi connectivity index (χ1v) is 5.70. The van der Waals surface area contributed by atoms with E-state index in [1.165, 1.54) is 0 Å². The second kappa shape index (κ2) is 4.94. The van der Waals surface area contributed by atoms with Crippen LogP contribution in [0, 0.1) is 0 Å². The Labute approximate surface area is 91.6 Å². The molecule has 0 bridgehead atoms. The van der Waals surface area contributed by atoms with Gasteiger partial charge in [-0.25, -0.2) is 0 Å². The van der Waals surface area contributed by atoms with Crippen LogP contribution >= 0.6 is 0 Å². The molecule has 0 aromatic rings. The summed E-state index contributed by atoms with van der Waals surface area (Å²) in [5, 5.41) is 12.6. The van der Waals surface area contributed by atoms with Crippen molar-refractivity contribution >= 4 is 5.97 Å². The third-order valence-corrected chi connectivity index (χ3v) is 3.39. The first kappa shape index (κ1) is 12.5. The van der Waals surface area contributed by atoms with Crippen LogP contribution in [0.25, 0.3) is 0 Å². The fourth-order valence-electron chi connectivity index (χ4n) is 1.99. The lowest BCUT2D eigenvalue weighted by Crippen LogP contribution is -2.60. The van der Waals surface area contributed by atoms with Gasteiger partial charge in [0.1, 0.15) is 5.54 Å². The number of aliphatic carboxylic acids is 1. The van der Waals surface area contributed by atoms with Crippen molar-refractivity contribution in [2.75, 3.05) is 20.1 Å². The molecule has 0 aromatic carbocycles. The zero-order valence-corrected chi connectivity index (χ0v) is 9.92. The SMILES string of the molecule is CCC(C)NC1(C(=O)O)CCN(C)CC1. The van der Waals surface area contributed by atoms with E-state index in [1.54, 1.807) is 0 Å². The van der Waals surface area contributed by atoms with Crippen molar-refractivity contribution in [2.45, 2.75) is 44.7 Å². The van der Waals surface area contributed by atoms with Gasteiger partial charge in [-0.05, 0) is 33.2 Å². The summed E-state index contributed by atoms with van der Waals surface area (Å²) in [6.07, 6.45) is 2.36. The summed E-state index contributed by atoms with van der Waals surface area (Å²) in [5.41, 5.74) is -0.693. The number of hydrogen-bond acceptors (Lipinski definition) is 3. The molecule has 4 nitrogen and oxygen atoms in total. The number of likely N-dealkylation sites (tertiary alicyclic amines) is 1. The largest absolute Gasteiger partial charge is 0.480 e. The Morgan fingerprint density at radius 3 is 2.47 bits per heavy atom. The average molecular weight is 214 g/mol. The van der Waals surface area contributed by atoms with Crippen molar-refractivity contribution in [3.8, 4) is 0 Å². The molecule has 88 valence electrons. The predicted molar refractivity (Wildman–Crippen MR) is 60.0 cm³/mol. The molecule has 15 heavy (non-hydrogen) atoms. The Bertz CT molecular complexity index is 223. The van der Waals surface area contributed by atoms with Gasteiger partial charge in [-0.2, -0.15) is 0 Å². The molecule has 1 atom stereocenters. The predicted octanol–water partition coefficient (Wildman–Crippen LogP) is 0.923. The molecule has 1 unspecified atom stereocenters. The number of rotatable bonds is 4. The van der Waals surface area contributed by atoms with Gasteiger partial charge in [-0.15, -0.1) is 0 Å². The Hall–Kier alpha value is -0.610. The van der Waals surface area contributed by atoms with Gasteiger partial charge < -0.3 is 10.0 Å². The van der Waals surface area contributed by atoms with Crippen molar-refractivity contribution in [3.63, 3.8) is 0 Å². The van der Waals surface area contributed by atoms with E-state index in [-0.39, 0.29) is 6.04 Å². The topological polar surface area (TPSA) is 52.6 Å². The van der Waals surface area contributed by atoms with Crippen LogP contribution in [0.5, 0.6) is 0 Å². The van der Waals surface area contributed by atoms with Gasteiger partial charge in [0.2, 0.25) is 0 Å². The van der Waals surface area contributed by atoms with Gasteiger partial charge >= 0.3 is 5.97 Å². The van der Waals surface area contributed by atoms with Gasteiger partial charge in [0.05, 0.1) is 0 Å². The Balaban J connectivity index is 2.67. The van der Waals surface area contributed by atoms with Crippen molar-refractivity contribution < 1.29 is 9.90 Å². The summed E-state index contributed by atoms with van der Waals surface area (Å²) in [6.45, 7) is 5.83. The molecule has 0 spiro atoms. The highest BCUT2D eigenvalue weighted by atomic mass is 16.4. The molecule has 1 aliphatic rings. The van der Waals surface area contributed by atoms with Crippen LogP contribution in [0.4, 0.5) is 0 Å². The monoisotopic (exact) mass is 214 g/mol. The van der Waals surface area contributed by atoms with E-state index in [0.717, 1.165) is 19.5 Å². The number of piperidine rings is 1. The van der Waals surface area contributed by atoms with Crippen LogP contribution in [0.2, 0.25) is 0 Å². The lowest BCUT2D eigenvalue weighted by atomic mass is 9.86. The first-order chi connectivity index (χ1) is 7.00. The van der Waals surface area contributed by atoms with E-state index in [9.17, 15) is 9.90 Å². The van der Waals surface area contributed by atoms with Crippen LogP contribution in [0.3, 0.4) is 0 Å². The van der Waals surface area contributed by atoms with Gasteiger partial charge in [-0.3, -0.25) is 10.1 Å². The molecule has 1 aliphatic heterocycles. The van der Waals surface area contributed by atoms with Gasteiger partial charge in [-0.1, -0.05) is 6.92 Å². The molecule has 1 saturated heterocycles. The fraction of sp³-hybridized carbons (Fsp3) is 0.909. The highest BCUT2D eigenvalue weighted by molar-refractivity contribution is 5.79. The summed E-state index contributed by atoms with van der Waals surface area (Å²) in [6, 6.07) is 0.268. The van der Waals surface area contributed by atoms with E-state index in [4.69, 9.17) is 0 Å². The smallest absolute Gasteiger partial charge is 0.324 e. The molecule has 0 saturated carbocycles. The van der Waals surface area contributed by atoms with E-state index >= 15 is 0 Å². The van der Waals surface area contributed by atoms with Crippen LogP contribution in [0.15, 0.2) is 0 Å². The Morgan fingerprint density at radius 2 is 2.07 bits per heavy atom. The standard InChI is InChI=1S/C11H22N2O2/c1-4-9(2)12-11(10(14)15)5-7-13(3)8-6-11/h9,12H,4-8H2,1-3H3,(H,14,15). The molecule has 1 fully saturated rings. The van der Waals surface area contributed by atoms with Crippen LogP contribution in [0.1, 0.15) is 33.1 Å². The van der Waals surface area contributed by atoms with Crippen molar-refractivity contribution in [1.29, 1.82) is 0 Å². The van der Waals surface area contributed by atoms with Crippen molar-refractivity contribution in [3.05, 3.63) is 0 Å². The quantitative estimate of drug-likeness (QED) is 0.731. The van der Waals surface area contributed by atoms with Gasteiger partial charge in [0, 0.05) is 19.1 Å². The number of nitrogens with zero attached hydrogens (tertiary/aromatic N) is 1. The first-order valence-electron chi connectivity index (χ1n) is 5.70. The summed E-state index contributed by atoms with van der Waals surface area (Å²) >= 11 is 0. The van der Waals surface area contributed by atoms with Crippen LogP contribution < -0.4 is 5.32 Å². The molecule has 4 heteroatoms. The van der Waals surface area contributed by atoms with E-state index < -0.39 is 11.5 Å². The van der Waals surface area contributed by atoms with E-state index in [2.05, 4.69) is 17.1 Å². The molecule has 0 aliphatic carbocycles. The highest BCUT2D eigenvalue weighted by Gasteiger charge is 2.41. The zero-order chi connectivity index (χ0) is 11.5. The highest BCUT2D eigenvalue weighted by Crippen LogP contribution is 2.23. The number of carboxylic acid groups (broad SMARTS) is 1. The lowest BCUT2D eigenvalue weighted by Gasteiger charge is -2.39. The Kier molecular flexibility index (Phi) is 4.11. The summed E-state index contributed by atoms with van der Waals surface area (Å²) in [4.78, 5) is 13.5. The minimum atomic E-state index is -0.698. The summed E-state index contributed by atoms with van der Waals surface area (Å²) in [7, 11) is 2.04. The third kappa shape index (κ3) is 2.92. The van der Waals surface area contributed by atoms with Crippen molar-refractivity contribution in [1.82, 2.24) is 10.2 Å². The average Bonchev–Trinajstić information content (AvgIpc) is 2.21. The van der Waals surface area contributed by atoms with Crippen molar-refractivity contribution in [2.24, 2.45) is 0 Å². The number of nitrogens with one attached hydrogen (secondary N) is 1. The molecule has 2 N–H and O–H groups in total. The molecule has 0 amide bonds. The van der Waals surface area contributed by atoms with Gasteiger partial charge in [0.25, 0.3) is 0 Å². The third-order valence-electron chi connectivity index (χ3n) is 3.39. The molecule has 0 radical (unpaired) electrons.